The standard InChI is InChI=1S/C12H13BrN2S/c1-8-7-16-12(14-8)15-9(2)10-3-5-11(13)6-4-10/h3-7,9H,1-2H3,(H,14,15). The van der Waals surface area contributed by atoms with Crippen molar-refractivity contribution in [3.63, 3.8) is 0 Å². The average molecular weight is 297 g/mol. The maximum absolute atomic E-state index is 4.39. The predicted octanol–water partition coefficient (Wildman–Crippen LogP) is 4.39. The lowest BCUT2D eigenvalue weighted by Crippen LogP contribution is -2.05. The summed E-state index contributed by atoms with van der Waals surface area (Å²) in [6, 6.07) is 8.62. The van der Waals surface area contributed by atoms with E-state index in [0.717, 1.165) is 15.3 Å². The number of rotatable bonds is 3. The quantitative estimate of drug-likeness (QED) is 0.909. The van der Waals surface area contributed by atoms with Gasteiger partial charge in [-0.1, -0.05) is 28.1 Å². The van der Waals surface area contributed by atoms with Gasteiger partial charge in [-0.2, -0.15) is 0 Å². The number of aromatic nitrogens is 1. The van der Waals surface area contributed by atoms with Gasteiger partial charge in [0.2, 0.25) is 0 Å². The molecule has 16 heavy (non-hydrogen) atoms. The molecule has 0 bridgehead atoms. The van der Waals surface area contributed by atoms with Gasteiger partial charge >= 0.3 is 0 Å². The van der Waals surface area contributed by atoms with Crippen molar-refractivity contribution in [3.8, 4) is 0 Å². The zero-order chi connectivity index (χ0) is 11.5. The van der Waals surface area contributed by atoms with Crippen LogP contribution in [0.2, 0.25) is 0 Å². The summed E-state index contributed by atoms with van der Waals surface area (Å²) in [5.41, 5.74) is 2.33. The van der Waals surface area contributed by atoms with E-state index in [0.29, 0.717) is 0 Å². The van der Waals surface area contributed by atoms with Gasteiger partial charge in [-0.15, -0.1) is 11.3 Å². The highest BCUT2D eigenvalue weighted by Gasteiger charge is 2.06. The van der Waals surface area contributed by atoms with E-state index >= 15 is 0 Å². The lowest BCUT2D eigenvalue weighted by Gasteiger charge is -2.13. The Morgan fingerprint density at radius 2 is 2.00 bits per heavy atom. The molecule has 0 radical (unpaired) electrons. The highest BCUT2D eigenvalue weighted by Crippen LogP contribution is 2.23. The molecule has 1 atom stereocenters. The van der Waals surface area contributed by atoms with Crippen LogP contribution in [0, 0.1) is 6.92 Å². The molecule has 1 aromatic carbocycles. The fraction of sp³-hybridized carbons (Fsp3) is 0.250. The smallest absolute Gasteiger partial charge is 0.183 e. The van der Waals surface area contributed by atoms with E-state index in [9.17, 15) is 0 Å². The van der Waals surface area contributed by atoms with Gasteiger partial charge in [0.15, 0.2) is 5.13 Å². The summed E-state index contributed by atoms with van der Waals surface area (Å²) in [4.78, 5) is 4.39. The van der Waals surface area contributed by atoms with Gasteiger partial charge < -0.3 is 5.32 Å². The Bertz CT molecular complexity index is 464. The first-order valence-corrected chi connectivity index (χ1v) is 6.76. The van der Waals surface area contributed by atoms with Crippen LogP contribution in [0.3, 0.4) is 0 Å². The summed E-state index contributed by atoms with van der Waals surface area (Å²) < 4.78 is 1.11. The van der Waals surface area contributed by atoms with Gasteiger partial charge in [0, 0.05) is 9.85 Å². The largest absolute Gasteiger partial charge is 0.355 e. The second-order valence-electron chi connectivity index (χ2n) is 3.71. The van der Waals surface area contributed by atoms with Crippen LogP contribution in [0.4, 0.5) is 5.13 Å². The zero-order valence-corrected chi connectivity index (χ0v) is 11.6. The van der Waals surface area contributed by atoms with Gasteiger partial charge in [-0.25, -0.2) is 4.98 Å². The molecule has 0 fully saturated rings. The van der Waals surface area contributed by atoms with Crippen LogP contribution in [0.1, 0.15) is 24.2 Å². The zero-order valence-electron chi connectivity index (χ0n) is 9.20. The molecule has 2 rings (SSSR count). The molecule has 84 valence electrons. The molecule has 0 saturated heterocycles. The van der Waals surface area contributed by atoms with Crippen molar-refractivity contribution < 1.29 is 0 Å². The molecule has 0 aliphatic rings. The SMILES string of the molecule is Cc1csc(NC(C)c2ccc(Br)cc2)n1. The molecule has 1 unspecified atom stereocenters. The third kappa shape index (κ3) is 2.83. The predicted molar refractivity (Wildman–Crippen MR) is 73.0 cm³/mol. The number of hydrogen-bond donors (Lipinski definition) is 1. The van der Waals surface area contributed by atoms with Crippen molar-refractivity contribution in [2.45, 2.75) is 19.9 Å². The number of hydrogen-bond acceptors (Lipinski definition) is 3. The molecule has 0 spiro atoms. The van der Waals surface area contributed by atoms with Crippen LogP contribution in [-0.2, 0) is 0 Å². The van der Waals surface area contributed by atoms with Crippen molar-refractivity contribution >= 4 is 32.4 Å². The highest BCUT2D eigenvalue weighted by molar-refractivity contribution is 9.10. The number of anilines is 1. The van der Waals surface area contributed by atoms with Crippen molar-refractivity contribution in [2.24, 2.45) is 0 Å². The van der Waals surface area contributed by atoms with E-state index in [1.165, 1.54) is 5.56 Å². The van der Waals surface area contributed by atoms with Crippen LogP contribution in [0.5, 0.6) is 0 Å². The lowest BCUT2D eigenvalue weighted by molar-refractivity contribution is 0.880. The summed E-state index contributed by atoms with van der Waals surface area (Å²) in [7, 11) is 0. The average Bonchev–Trinajstić information content (AvgIpc) is 2.65. The maximum atomic E-state index is 4.39. The van der Waals surface area contributed by atoms with Gasteiger partial charge in [-0.05, 0) is 31.5 Å². The third-order valence-electron chi connectivity index (χ3n) is 2.33. The Balaban J connectivity index is 2.08. The van der Waals surface area contributed by atoms with Crippen LogP contribution < -0.4 is 5.32 Å². The molecular weight excluding hydrogens is 284 g/mol. The maximum Gasteiger partial charge on any atom is 0.183 e. The van der Waals surface area contributed by atoms with E-state index in [1.54, 1.807) is 11.3 Å². The number of nitrogens with one attached hydrogen (secondary N) is 1. The van der Waals surface area contributed by atoms with Crippen LogP contribution in [0.25, 0.3) is 0 Å². The molecule has 0 aliphatic heterocycles. The van der Waals surface area contributed by atoms with Crippen molar-refractivity contribution in [1.29, 1.82) is 0 Å². The van der Waals surface area contributed by atoms with Gasteiger partial charge in [0.1, 0.15) is 0 Å². The third-order valence-corrected chi connectivity index (χ3v) is 3.75. The van der Waals surface area contributed by atoms with Crippen molar-refractivity contribution in [2.75, 3.05) is 5.32 Å². The number of nitrogens with zero attached hydrogens (tertiary/aromatic N) is 1. The molecule has 0 saturated carbocycles. The second kappa shape index (κ2) is 4.97. The van der Waals surface area contributed by atoms with E-state index < -0.39 is 0 Å². The van der Waals surface area contributed by atoms with Gasteiger partial charge in [0.25, 0.3) is 0 Å². The molecule has 0 aliphatic carbocycles. The van der Waals surface area contributed by atoms with Gasteiger partial charge in [0.05, 0.1) is 11.7 Å². The molecule has 0 amide bonds. The van der Waals surface area contributed by atoms with E-state index in [-0.39, 0.29) is 6.04 Å². The fourth-order valence-corrected chi connectivity index (χ4v) is 2.48. The summed E-state index contributed by atoms with van der Waals surface area (Å²) in [6.45, 7) is 4.14. The Morgan fingerprint density at radius 3 is 2.56 bits per heavy atom. The molecule has 2 nitrogen and oxygen atoms in total. The highest BCUT2D eigenvalue weighted by atomic mass is 79.9. The minimum absolute atomic E-state index is 0.277. The minimum atomic E-state index is 0.277. The first kappa shape index (κ1) is 11.6. The summed E-state index contributed by atoms with van der Waals surface area (Å²) >= 11 is 5.08. The van der Waals surface area contributed by atoms with E-state index in [2.05, 4.69) is 62.8 Å². The van der Waals surface area contributed by atoms with Gasteiger partial charge in [-0.3, -0.25) is 0 Å². The lowest BCUT2D eigenvalue weighted by atomic mass is 10.1. The first-order valence-electron chi connectivity index (χ1n) is 5.09. The summed E-state index contributed by atoms with van der Waals surface area (Å²) in [5.74, 6) is 0. The van der Waals surface area contributed by atoms with E-state index in [4.69, 9.17) is 0 Å². The minimum Gasteiger partial charge on any atom is -0.355 e. The molecule has 1 N–H and O–H groups in total. The Morgan fingerprint density at radius 1 is 1.31 bits per heavy atom. The van der Waals surface area contributed by atoms with Crippen molar-refractivity contribution in [3.05, 3.63) is 45.4 Å². The Kier molecular flexibility index (Phi) is 3.61. The Labute approximate surface area is 108 Å². The molecule has 1 aromatic heterocycles. The normalized spacial score (nSPS) is 12.4. The monoisotopic (exact) mass is 296 g/mol. The summed E-state index contributed by atoms with van der Waals surface area (Å²) in [6.07, 6.45) is 0. The summed E-state index contributed by atoms with van der Waals surface area (Å²) in [5, 5.41) is 6.42. The van der Waals surface area contributed by atoms with Crippen LogP contribution in [0.15, 0.2) is 34.1 Å². The molecule has 2 aromatic rings. The van der Waals surface area contributed by atoms with Crippen LogP contribution in [-0.4, -0.2) is 4.98 Å². The number of benzene rings is 1. The first-order chi connectivity index (χ1) is 7.65. The topological polar surface area (TPSA) is 24.9 Å². The fourth-order valence-electron chi connectivity index (χ4n) is 1.44. The number of aryl methyl sites for hydroxylation is 1. The molecular formula is C12H13BrN2S. The number of halogens is 1. The Hall–Kier alpha value is -0.870. The molecule has 1 heterocycles. The van der Waals surface area contributed by atoms with Crippen molar-refractivity contribution in [1.82, 2.24) is 4.98 Å². The number of thiazole rings is 1. The van der Waals surface area contributed by atoms with E-state index in [1.807, 2.05) is 6.92 Å². The van der Waals surface area contributed by atoms with Crippen LogP contribution >= 0.6 is 27.3 Å². The second-order valence-corrected chi connectivity index (χ2v) is 5.49. The molecule has 4 heteroatoms.